The van der Waals surface area contributed by atoms with E-state index >= 15 is 0 Å². The highest BCUT2D eigenvalue weighted by molar-refractivity contribution is 6.34. The molecule has 0 aliphatic heterocycles. The average Bonchev–Trinajstić information content (AvgIpc) is 2.39. The van der Waals surface area contributed by atoms with E-state index < -0.39 is 0 Å². The fourth-order valence-corrected chi connectivity index (χ4v) is 1.95. The summed E-state index contributed by atoms with van der Waals surface area (Å²) in [6, 6.07) is 13.3. The molecule has 0 unspecified atom stereocenters. The number of hydrogen-bond donors (Lipinski definition) is 1. The van der Waals surface area contributed by atoms with Crippen molar-refractivity contribution in [3.8, 4) is 6.07 Å². The van der Waals surface area contributed by atoms with Gasteiger partial charge >= 0.3 is 0 Å². The number of halogens is 2. The zero-order chi connectivity index (χ0) is 13.8. The van der Waals surface area contributed by atoms with Crippen molar-refractivity contribution < 1.29 is 4.79 Å². The molecule has 0 fully saturated rings. The maximum Gasteiger partial charge on any atom is 0.257 e. The highest BCUT2D eigenvalue weighted by atomic mass is 35.5. The summed E-state index contributed by atoms with van der Waals surface area (Å²) in [6.07, 6.45) is 0. The van der Waals surface area contributed by atoms with Crippen LogP contribution in [-0.4, -0.2) is 5.91 Å². The highest BCUT2D eigenvalue weighted by Gasteiger charge is 2.12. The first-order chi connectivity index (χ1) is 9.11. The van der Waals surface area contributed by atoms with E-state index in [1.165, 1.54) is 6.07 Å². The summed E-state index contributed by atoms with van der Waals surface area (Å²) in [5.41, 5.74) is 1.04. The fraction of sp³-hybridized carbons (Fsp3) is 0. The third kappa shape index (κ3) is 3.05. The number of nitriles is 1. The van der Waals surface area contributed by atoms with E-state index in [-0.39, 0.29) is 5.91 Å². The molecule has 19 heavy (non-hydrogen) atoms. The smallest absolute Gasteiger partial charge is 0.257 e. The Bertz CT molecular complexity index is 677. The van der Waals surface area contributed by atoms with E-state index in [2.05, 4.69) is 5.32 Å². The Morgan fingerprint density at radius 2 is 1.89 bits per heavy atom. The first kappa shape index (κ1) is 13.4. The van der Waals surface area contributed by atoms with Gasteiger partial charge in [0.2, 0.25) is 0 Å². The molecule has 0 bridgehead atoms. The first-order valence-corrected chi connectivity index (χ1v) is 6.13. The Kier molecular flexibility index (Phi) is 4.06. The summed E-state index contributed by atoms with van der Waals surface area (Å²) in [4.78, 5) is 12.1. The van der Waals surface area contributed by atoms with Crippen molar-refractivity contribution >= 4 is 34.8 Å². The number of carbonyl (C=O) groups excluding carboxylic acids is 1. The SMILES string of the molecule is N#Cc1ccc(Cl)cc1NC(=O)c1ccccc1Cl. The van der Waals surface area contributed by atoms with Gasteiger partial charge in [0.15, 0.2) is 0 Å². The monoisotopic (exact) mass is 290 g/mol. The number of amides is 1. The minimum atomic E-state index is -0.385. The van der Waals surface area contributed by atoms with Gasteiger partial charge in [-0.15, -0.1) is 0 Å². The maximum absolute atomic E-state index is 12.1. The lowest BCUT2D eigenvalue weighted by Crippen LogP contribution is -2.13. The molecule has 3 nitrogen and oxygen atoms in total. The molecule has 0 aromatic heterocycles. The van der Waals surface area contributed by atoms with Gasteiger partial charge in [0.25, 0.3) is 5.91 Å². The molecule has 5 heteroatoms. The van der Waals surface area contributed by atoms with E-state index in [9.17, 15) is 4.79 Å². The number of nitrogens with zero attached hydrogens (tertiary/aromatic N) is 1. The van der Waals surface area contributed by atoms with Crippen molar-refractivity contribution in [3.05, 3.63) is 63.6 Å². The van der Waals surface area contributed by atoms with Crippen LogP contribution in [0.25, 0.3) is 0 Å². The van der Waals surface area contributed by atoms with Gasteiger partial charge in [-0.25, -0.2) is 0 Å². The predicted molar refractivity (Wildman–Crippen MR) is 75.6 cm³/mol. The topological polar surface area (TPSA) is 52.9 Å². The van der Waals surface area contributed by atoms with E-state index in [0.717, 1.165) is 0 Å². The van der Waals surface area contributed by atoms with Crippen LogP contribution in [0.3, 0.4) is 0 Å². The molecule has 0 aliphatic carbocycles. The Balaban J connectivity index is 2.32. The molecule has 0 aliphatic rings. The first-order valence-electron chi connectivity index (χ1n) is 5.37. The summed E-state index contributed by atoms with van der Waals surface area (Å²) in [5.74, 6) is -0.385. The summed E-state index contributed by atoms with van der Waals surface area (Å²) in [5, 5.41) is 12.4. The van der Waals surface area contributed by atoms with Crippen molar-refractivity contribution in [2.45, 2.75) is 0 Å². The molecule has 0 radical (unpaired) electrons. The maximum atomic E-state index is 12.1. The average molecular weight is 291 g/mol. The van der Waals surface area contributed by atoms with Crippen molar-refractivity contribution in [1.29, 1.82) is 5.26 Å². The van der Waals surface area contributed by atoms with Crippen LogP contribution in [0.1, 0.15) is 15.9 Å². The van der Waals surface area contributed by atoms with Gasteiger partial charge in [0.1, 0.15) is 6.07 Å². The molecule has 0 spiro atoms. The second-order valence-corrected chi connectivity index (χ2v) is 4.58. The summed E-state index contributed by atoms with van der Waals surface area (Å²) in [6.45, 7) is 0. The van der Waals surface area contributed by atoms with Crippen molar-refractivity contribution in [3.63, 3.8) is 0 Å². The van der Waals surface area contributed by atoms with E-state index in [0.29, 0.717) is 26.9 Å². The molecule has 1 N–H and O–H groups in total. The molecule has 2 aromatic carbocycles. The Hall–Kier alpha value is -2.02. The van der Waals surface area contributed by atoms with Gasteiger partial charge < -0.3 is 5.32 Å². The molecule has 1 amide bonds. The lowest BCUT2D eigenvalue weighted by molar-refractivity contribution is 0.102. The quantitative estimate of drug-likeness (QED) is 0.905. The van der Waals surface area contributed by atoms with Crippen LogP contribution in [0.5, 0.6) is 0 Å². The van der Waals surface area contributed by atoms with Crippen LogP contribution in [0.15, 0.2) is 42.5 Å². The molecular formula is C14H8Cl2N2O. The minimum absolute atomic E-state index is 0.338. The lowest BCUT2D eigenvalue weighted by Gasteiger charge is -2.08. The fourth-order valence-electron chi connectivity index (χ4n) is 1.55. The van der Waals surface area contributed by atoms with Crippen LogP contribution in [0.4, 0.5) is 5.69 Å². The Morgan fingerprint density at radius 1 is 1.16 bits per heavy atom. The van der Waals surface area contributed by atoms with Gasteiger partial charge in [-0.3, -0.25) is 4.79 Å². The zero-order valence-corrected chi connectivity index (χ0v) is 11.2. The predicted octanol–water partition coefficient (Wildman–Crippen LogP) is 4.12. The van der Waals surface area contributed by atoms with Gasteiger partial charge in [0, 0.05) is 5.02 Å². The zero-order valence-electron chi connectivity index (χ0n) is 9.65. The third-order valence-corrected chi connectivity index (χ3v) is 3.03. The van der Waals surface area contributed by atoms with Crippen molar-refractivity contribution in [1.82, 2.24) is 0 Å². The molecule has 0 saturated carbocycles. The van der Waals surface area contributed by atoms with Crippen molar-refractivity contribution in [2.24, 2.45) is 0 Å². The van der Waals surface area contributed by atoms with Gasteiger partial charge in [0.05, 0.1) is 21.8 Å². The van der Waals surface area contributed by atoms with Crippen LogP contribution in [0, 0.1) is 11.3 Å². The standard InChI is InChI=1S/C14H8Cl2N2O/c15-10-6-5-9(8-17)13(7-10)18-14(19)11-3-1-2-4-12(11)16/h1-7H,(H,18,19). The minimum Gasteiger partial charge on any atom is -0.321 e. The normalized spacial score (nSPS) is 9.74. The molecule has 0 heterocycles. The Morgan fingerprint density at radius 3 is 2.58 bits per heavy atom. The van der Waals surface area contributed by atoms with Crippen molar-refractivity contribution in [2.75, 3.05) is 5.32 Å². The van der Waals surface area contributed by atoms with E-state index in [1.54, 1.807) is 36.4 Å². The second-order valence-electron chi connectivity index (χ2n) is 3.74. The van der Waals surface area contributed by atoms with Gasteiger partial charge in [-0.2, -0.15) is 5.26 Å². The van der Waals surface area contributed by atoms with Crippen LogP contribution >= 0.6 is 23.2 Å². The summed E-state index contributed by atoms with van der Waals surface area (Å²) < 4.78 is 0. The molecular weight excluding hydrogens is 283 g/mol. The number of nitrogens with one attached hydrogen (secondary N) is 1. The number of carbonyl (C=O) groups is 1. The third-order valence-electron chi connectivity index (χ3n) is 2.47. The van der Waals surface area contributed by atoms with E-state index in [4.69, 9.17) is 28.5 Å². The number of anilines is 1. The van der Waals surface area contributed by atoms with Crippen LogP contribution in [0.2, 0.25) is 10.0 Å². The largest absolute Gasteiger partial charge is 0.321 e. The second kappa shape index (κ2) is 5.75. The number of benzene rings is 2. The summed E-state index contributed by atoms with van der Waals surface area (Å²) >= 11 is 11.8. The number of rotatable bonds is 2. The van der Waals surface area contributed by atoms with Gasteiger partial charge in [-0.1, -0.05) is 35.3 Å². The summed E-state index contributed by atoms with van der Waals surface area (Å²) in [7, 11) is 0. The number of hydrogen-bond acceptors (Lipinski definition) is 2. The molecule has 0 saturated heterocycles. The lowest BCUT2D eigenvalue weighted by atomic mass is 10.1. The molecule has 2 rings (SSSR count). The van der Waals surface area contributed by atoms with Crippen LogP contribution in [-0.2, 0) is 0 Å². The molecule has 0 atom stereocenters. The van der Waals surface area contributed by atoms with Crippen LogP contribution < -0.4 is 5.32 Å². The van der Waals surface area contributed by atoms with E-state index in [1.807, 2.05) is 6.07 Å². The highest BCUT2D eigenvalue weighted by Crippen LogP contribution is 2.22. The molecule has 2 aromatic rings. The van der Waals surface area contributed by atoms with Gasteiger partial charge in [-0.05, 0) is 30.3 Å². The Labute approximate surface area is 120 Å². The molecule has 94 valence electrons.